The minimum absolute atomic E-state index is 0.0512. The third-order valence-electron chi connectivity index (χ3n) is 2.85. The molecule has 0 saturated carbocycles. The first-order valence-electron chi connectivity index (χ1n) is 6.37. The summed E-state index contributed by atoms with van der Waals surface area (Å²) in [6.07, 6.45) is 0.164. The summed E-state index contributed by atoms with van der Waals surface area (Å²) >= 11 is 0. The predicted octanol–water partition coefficient (Wildman–Crippen LogP) is 1.19. The van der Waals surface area contributed by atoms with Crippen LogP contribution in [0.3, 0.4) is 0 Å². The summed E-state index contributed by atoms with van der Waals surface area (Å²) in [6.45, 7) is 0.0639. The van der Waals surface area contributed by atoms with Crippen LogP contribution in [0.4, 0.5) is 10.5 Å². The number of rotatable bonds is 5. The van der Waals surface area contributed by atoms with Crippen molar-refractivity contribution < 1.29 is 19.8 Å². The number of anilines is 1. The maximum absolute atomic E-state index is 11.6. The van der Waals surface area contributed by atoms with E-state index < -0.39 is 18.1 Å². The molecule has 4 N–H and O–H groups in total. The highest BCUT2D eigenvalue weighted by atomic mass is 16.4. The third-order valence-corrected chi connectivity index (χ3v) is 2.85. The maximum atomic E-state index is 11.6. The van der Waals surface area contributed by atoms with Gasteiger partial charge in [0.15, 0.2) is 6.10 Å². The highest BCUT2D eigenvalue weighted by Gasteiger charge is 2.12. The van der Waals surface area contributed by atoms with Crippen LogP contribution in [0.2, 0.25) is 0 Å². The van der Waals surface area contributed by atoms with Gasteiger partial charge in [-0.15, -0.1) is 0 Å². The largest absolute Gasteiger partial charge is 0.479 e. The van der Waals surface area contributed by atoms with Gasteiger partial charge in [0.25, 0.3) is 0 Å². The number of nitrogens with zero attached hydrogens (tertiary/aromatic N) is 1. The van der Waals surface area contributed by atoms with Crippen molar-refractivity contribution in [2.24, 2.45) is 0 Å². The molecule has 0 radical (unpaired) electrons. The molecule has 21 heavy (non-hydrogen) atoms. The number of hydrogen-bond donors (Lipinski definition) is 4. The summed E-state index contributed by atoms with van der Waals surface area (Å²) in [5.74, 6) is -1.31. The average molecular weight is 289 g/mol. The van der Waals surface area contributed by atoms with Crippen molar-refractivity contribution in [1.29, 1.82) is 0 Å². The first kappa shape index (κ1) is 14.7. The van der Waals surface area contributed by atoms with Crippen LogP contribution in [0, 0.1) is 0 Å². The van der Waals surface area contributed by atoms with E-state index in [1.165, 1.54) is 0 Å². The Morgan fingerprint density at radius 3 is 2.86 bits per heavy atom. The van der Waals surface area contributed by atoms with Crippen LogP contribution in [0.25, 0.3) is 10.9 Å². The van der Waals surface area contributed by atoms with Gasteiger partial charge in [-0.1, -0.05) is 6.07 Å². The number of carbonyl (C=O) groups excluding carboxylic acids is 1. The fourth-order valence-corrected chi connectivity index (χ4v) is 1.77. The van der Waals surface area contributed by atoms with Gasteiger partial charge in [0.2, 0.25) is 0 Å². The zero-order chi connectivity index (χ0) is 15.2. The van der Waals surface area contributed by atoms with Gasteiger partial charge in [0.05, 0.1) is 5.52 Å². The molecule has 1 atom stereocenters. The van der Waals surface area contributed by atoms with Gasteiger partial charge in [-0.3, -0.25) is 4.98 Å². The predicted molar refractivity (Wildman–Crippen MR) is 77.0 cm³/mol. The Labute approximate surface area is 120 Å². The highest BCUT2D eigenvalue weighted by Crippen LogP contribution is 2.16. The minimum atomic E-state index is -1.47. The van der Waals surface area contributed by atoms with Crippen LogP contribution in [0.15, 0.2) is 36.5 Å². The summed E-state index contributed by atoms with van der Waals surface area (Å²) < 4.78 is 0. The number of carboxylic acid groups (broad SMARTS) is 1. The molecule has 0 fully saturated rings. The van der Waals surface area contributed by atoms with Gasteiger partial charge in [-0.2, -0.15) is 0 Å². The smallest absolute Gasteiger partial charge is 0.332 e. The van der Waals surface area contributed by atoms with Crippen LogP contribution < -0.4 is 10.6 Å². The molecule has 2 aromatic rings. The Bertz CT molecular complexity index is 659. The summed E-state index contributed by atoms with van der Waals surface area (Å²) in [4.78, 5) is 26.2. The fraction of sp³-hybridized carbons (Fsp3) is 0.214. The lowest BCUT2D eigenvalue weighted by Gasteiger charge is -2.09. The molecular formula is C14H15N3O4. The highest BCUT2D eigenvalue weighted by molar-refractivity contribution is 5.92. The van der Waals surface area contributed by atoms with E-state index >= 15 is 0 Å². The normalized spacial score (nSPS) is 11.9. The van der Waals surface area contributed by atoms with Crippen LogP contribution in [0.1, 0.15) is 6.42 Å². The molecular weight excluding hydrogens is 274 g/mol. The fourth-order valence-electron chi connectivity index (χ4n) is 1.77. The van der Waals surface area contributed by atoms with Gasteiger partial charge in [-0.25, -0.2) is 9.59 Å². The van der Waals surface area contributed by atoms with E-state index in [4.69, 9.17) is 10.2 Å². The van der Waals surface area contributed by atoms with Crippen LogP contribution in [-0.2, 0) is 4.79 Å². The molecule has 7 nitrogen and oxygen atoms in total. The number of urea groups is 1. The van der Waals surface area contributed by atoms with Gasteiger partial charge < -0.3 is 20.8 Å². The quantitative estimate of drug-likeness (QED) is 0.660. The second-order valence-corrected chi connectivity index (χ2v) is 4.43. The van der Waals surface area contributed by atoms with E-state index in [0.29, 0.717) is 5.69 Å². The number of fused-ring (bicyclic) bond motifs is 1. The van der Waals surface area contributed by atoms with E-state index in [-0.39, 0.29) is 13.0 Å². The molecule has 1 aromatic carbocycles. The molecule has 0 aliphatic heterocycles. The average Bonchev–Trinajstić information content (AvgIpc) is 2.46. The van der Waals surface area contributed by atoms with E-state index in [1.54, 1.807) is 30.5 Å². The number of pyridine rings is 1. The first-order valence-corrected chi connectivity index (χ1v) is 6.37. The topological polar surface area (TPSA) is 112 Å². The lowest BCUT2D eigenvalue weighted by atomic mass is 10.2. The van der Waals surface area contributed by atoms with Crippen molar-refractivity contribution >= 4 is 28.6 Å². The van der Waals surface area contributed by atoms with Gasteiger partial charge in [-0.05, 0) is 24.3 Å². The van der Waals surface area contributed by atoms with E-state index in [9.17, 15) is 9.59 Å². The lowest BCUT2D eigenvalue weighted by Crippen LogP contribution is -2.33. The number of amides is 2. The molecule has 0 saturated heterocycles. The van der Waals surface area contributed by atoms with Crippen LogP contribution in [-0.4, -0.2) is 39.8 Å². The molecule has 0 spiro atoms. The number of nitrogens with one attached hydrogen (secondary N) is 2. The molecule has 7 heteroatoms. The van der Waals surface area contributed by atoms with Crippen molar-refractivity contribution in [3.8, 4) is 0 Å². The molecule has 0 aliphatic rings. The minimum Gasteiger partial charge on any atom is -0.479 e. The lowest BCUT2D eigenvalue weighted by molar-refractivity contribution is -0.146. The van der Waals surface area contributed by atoms with Gasteiger partial charge in [0.1, 0.15) is 0 Å². The standard InChI is InChI=1S/C14H15N3O4/c18-12(13(19)20)5-7-16-14(21)17-10-3-4-11-9(8-10)2-1-6-15-11/h1-4,6,8,12,18H,5,7H2,(H,19,20)(H2,16,17,21). The number of aromatic nitrogens is 1. The molecule has 2 rings (SSSR count). The Hall–Kier alpha value is -2.67. The van der Waals surface area contributed by atoms with Gasteiger partial charge in [0, 0.05) is 30.2 Å². The monoisotopic (exact) mass is 289 g/mol. The second-order valence-electron chi connectivity index (χ2n) is 4.43. The van der Waals surface area contributed by atoms with Crippen molar-refractivity contribution in [2.45, 2.75) is 12.5 Å². The molecule has 110 valence electrons. The Balaban J connectivity index is 1.88. The van der Waals surface area contributed by atoms with Crippen molar-refractivity contribution in [3.05, 3.63) is 36.5 Å². The third kappa shape index (κ3) is 4.15. The molecule has 1 aromatic heterocycles. The molecule has 0 aliphatic carbocycles. The maximum Gasteiger partial charge on any atom is 0.332 e. The number of aliphatic hydroxyl groups excluding tert-OH is 1. The zero-order valence-electron chi connectivity index (χ0n) is 11.1. The van der Waals surface area contributed by atoms with E-state index in [1.807, 2.05) is 6.07 Å². The van der Waals surface area contributed by atoms with Crippen LogP contribution >= 0.6 is 0 Å². The van der Waals surface area contributed by atoms with Gasteiger partial charge >= 0.3 is 12.0 Å². The van der Waals surface area contributed by atoms with E-state index in [0.717, 1.165) is 10.9 Å². The summed E-state index contributed by atoms with van der Waals surface area (Å²) in [5.41, 5.74) is 1.43. The number of carbonyl (C=O) groups is 2. The summed E-state index contributed by atoms with van der Waals surface area (Å²) in [7, 11) is 0. The summed E-state index contributed by atoms with van der Waals surface area (Å²) in [5, 5.41) is 23.6. The molecule has 2 amide bonds. The van der Waals surface area contributed by atoms with E-state index in [2.05, 4.69) is 15.6 Å². The Kier molecular flexibility index (Phi) is 4.68. The van der Waals surface area contributed by atoms with Crippen LogP contribution in [0.5, 0.6) is 0 Å². The van der Waals surface area contributed by atoms with Crippen molar-refractivity contribution in [2.75, 3.05) is 11.9 Å². The summed E-state index contributed by atoms with van der Waals surface area (Å²) in [6, 6.07) is 8.53. The molecule has 1 unspecified atom stereocenters. The Morgan fingerprint density at radius 2 is 2.10 bits per heavy atom. The van der Waals surface area contributed by atoms with Crippen molar-refractivity contribution in [3.63, 3.8) is 0 Å². The number of aliphatic hydroxyl groups is 1. The molecule has 0 bridgehead atoms. The number of benzene rings is 1. The SMILES string of the molecule is O=C(NCCC(O)C(=O)O)Nc1ccc2ncccc2c1. The Morgan fingerprint density at radius 1 is 1.29 bits per heavy atom. The number of aliphatic carboxylic acids is 1. The zero-order valence-corrected chi connectivity index (χ0v) is 11.1. The number of carboxylic acids is 1. The second kappa shape index (κ2) is 6.67. The number of hydrogen-bond acceptors (Lipinski definition) is 4. The molecule has 1 heterocycles. The first-order chi connectivity index (χ1) is 10.1. The van der Waals surface area contributed by atoms with Crippen molar-refractivity contribution in [1.82, 2.24) is 10.3 Å².